The van der Waals surface area contributed by atoms with Crippen molar-refractivity contribution in [2.24, 2.45) is 5.14 Å². The molecule has 0 saturated carbocycles. The minimum absolute atomic E-state index is 0.292. The molecule has 1 rings (SSSR count). The van der Waals surface area contributed by atoms with Crippen LogP contribution in [0.4, 0.5) is 0 Å². The van der Waals surface area contributed by atoms with E-state index in [9.17, 15) is 8.42 Å². The van der Waals surface area contributed by atoms with E-state index in [1.807, 2.05) is 11.0 Å². The standard InChI is InChI=1S/C14H18N2O2S/c1-3-10-16(11-4-2)12-9-13-5-7-14(8-6-13)19(15,17)18/h1-2,5,7H,6,8-12H2,(H2,15,17,18). The molecule has 0 unspecified atom stereocenters. The van der Waals surface area contributed by atoms with Gasteiger partial charge in [-0.3, -0.25) is 4.90 Å². The quantitative estimate of drug-likeness (QED) is 0.732. The molecule has 1 aliphatic rings. The average Bonchev–Trinajstić information content (AvgIpc) is 2.36. The van der Waals surface area contributed by atoms with E-state index in [0.29, 0.717) is 30.8 Å². The number of terminal acetylenes is 2. The maximum atomic E-state index is 11.2. The lowest BCUT2D eigenvalue weighted by Crippen LogP contribution is -2.26. The van der Waals surface area contributed by atoms with Crippen LogP contribution in [0.2, 0.25) is 0 Å². The van der Waals surface area contributed by atoms with Gasteiger partial charge < -0.3 is 0 Å². The minimum Gasteiger partial charge on any atom is -0.281 e. The number of hydrogen-bond acceptors (Lipinski definition) is 3. The maximum absolute atomic E-state index is 11.2. The van der Waals surface area contributed by atoms with E-state index in [1.165, 1.54) is 5.57 Å². The molecule has 0 spiro atoms. The minimum atomic E-state index is -3.54. The molecule has 4 nitrogen and oxygen atoms in total. The van der Waals surface area contributed by atoms with Gasteiger partial charge in [0.25, 0.3) is 0 Å². The Morgan fingerprint density at radius 3 is 2.26 bits per heavy atom. The second-order valence-electron chi connectivity index (χ2n) is 4.37. The third-order valence-corrected chi connectivity index (χ3v) is 4.01. The Kier molecular flexibility index (Phi) is 5.85. The van der Waals surface area contributed by atoms with Crippen molar-refractivity contribution in [3.05, 3.63) is 22.6 Å². The summed E-state index contributed by atoms with van der Waals surface area (Å²) in [6.45, 7) is 1.82. The van der Waals surface area contributed by atoms with Gasteiger partial charge in [0, 0.05) is 6.54 Å². The molecule has 0 aromatic heterocycles. The summed E-state index contributed by atoms with van der Waals surface area (Å²) in [5.41, 5.74) is 1.19. The van der Waals surface area contributed by atoms with Crippen LogP contribution in [0.15, 0.2) is 22.6 Å². The zero-order valence-corrected chi connectivity index (χ0v) is 11.6. The van der Waals surface area contributed by atoms with Crippen molar-refractivity contribution in [1.29, 1.82) is 0 Å². The fourth-order valence-corrected chi connectivity index (χ4v) is 2.52. The highest BCUT2D eigenvalue weighted by molar-refractivity contribution is 7.93. The van der Waals surface area contributed by atoms with Crippen LogP contribution in [0.1, 0.15) is 19.3 Å². The summed E-state index contributed by atoms with van der Waals surface area (Å²) in [7, 11) is -3.54. The molecule has 0 aliphatic heterocycles. The van der Waals surface area contributed by atoms with Gasteiger partial charge in [-0.15, -0.1) is 12.8 Å². The van der Waals surface area contributed by atoms with Crippen LogP contribution in [0.3, 0.4) is 0 Å². The molecule has 19 heavy (non-hydrogen) atoms. The molecule has 5 heteroatoms. The van der Waals surface area contributed by atoms with Crippen molar-refractivity contribution in [1.82, 2.24) is 4.90 Å². The van der Waals surface area contributed by atoms with Crippen LogP contribution in [0.5, 0.6) is 0 Å². The molecule has 0 aromatic carbocycles. The van der Waals surface area contributed by atoms with Gasteiger partial charge in [0.2, 0.25) is 10.0 Å². The molecule has 102 valence electrons. The number of nitrogens with two attached hydrogens (primary N) is 1. The maximum Gasteiger partial charge on any atom is 0.234 e. The lowest BCUT2D eigenvalue weighted by atomic mass is 10.0. The number of hydrogen-bond donors (Lipinski definition) is 1. The summed E-state index contributed by atoms with van der Waals surface area (Å²) in [6, 6.07) is 0. The number of primary sulfonamides is 1. The van der Waals surface area contributed by atoms with Crippen LogP contribution in [0, 0.1) is 24.7 Å². The van der Waals surface area contributed by atoms with Gasteiger partial charge in [-0.05, 0) is 25.3 Å². The van der Waals surface area contributed by atoms with E-state index >= 15 is 0 Å². The van der Waals surface area contributed by atoms with E-state index in [-0.39, 0.29) is 0 Å². The van der Waals surface area contributed by atoms with Gasteiger partial charge in [0.1, 0.15) is 0 Å². The second kappa shape index (κ2) is 7.16. The topological polar surface area (TPSA) is 63.4 Å². The van der Waals surface area contributed by atoms with Crippen LogP contribution in [-0.4, -0.2) is 33.0 Å². The summed E-state index contributed by atoms with van der Waals surface area (Å²) in [6.07, 6.45) is 16.0. The summed E-state index contributed by atoms with van der Waals surface area (Å²) < 4.78 is 22.3. The van der Waals surface area contributed by atoms with Gasteiger partial charge in [-0.25, -0.2) is 13.6 Å². The predicted molar refractivity (Wildman–Crippen MR) is 77.2 cm³/mol. The first-order valence-corrected chi connectivity index (χ1v) is 7.52. The van der Waals surface area contributed by atoms with Crippen LogP contribution < -0.4 is 5.14 Å². The van der Waals surface area contributed by atoms with Gasteiger partial charge in [-0.2, -0.15) is 0 Å². The van der Waals surface area contributed by atoms with Crippen LogP contribution in [-0.2, 0) is 10.0 Å². The molecule has 0 amide bonds. The molecule has 0 aromatic rings. The Hall–Kier alpha value is -1.53. The number of sulfonamides is 1. The third-order valence-electron chi connectivity index (χ3n) is 2.94. The highest BCUT2D eigenvalue weighted by atomic mass is 32.2. The average molecular weight is 278 g/mol. The summed E-state index contributed by atoms with van der Waals surface area (Å²) in [4.78, 5) is 2.29. The number of nitrogens with zero attached hydrogens (tertiary/aromatic N) is 1. The highest BCUT2D eigenvalue weighted by Gasteiger charge is 2.15. The monoisotopic (exact) mass is 278 g/mol. The molecule has 0 fully saturated rings. The Labute approximate surface area is 115 Å². The number of rotatable bonds is 6. The van der Waals surface area contributed by atoms with E-state index in [0.717, 1.165) is 13.0 Å². The molecule has 0 bridgehead atoms. The first-order valence-electron chi connectivity index (χ1n) is 5.98. The zero-order chi connectivity index (χ0) is 14.3. The van der Waals surface area contributed by atoms with Crippen molar-refractivity contribution >= 4 is 10.0 Å². The molecule has 2 N–H and O–H groups in total. The Bertz CT molecular complexity index is 543. The molecule has 0 saturated heterocycles. The second-order valence-corrected chi connectivity index (χ2v) is 5.99. The lowest BCUT2D eigenvalue weighted by molar-refractivity contribution is 0.348. The van der Waals surface area contributed by atoms with Gasteiger partial charge in [-0.1, -0.05) is 23.5 Å². The number of allylic oxidation sites excluding steroid dienone is 3. The molecular weight excluding hydrogens is 260 g/mol. The smallest absolute Gasteiger partial charge is 0.234 e. The van der Waals surface area contributed by atoms with E-state index in [2.05, 4.69) is 11.8 Å². The van der Waals surface area contributed by atoms with Gasteiger partial charge >= 0.3 is 0 Å². The Balaban J connectivity index is 2.56. The van der Waals surface area contributed by atoms with Crippen molar-refractivity contribution in [2.45, 2.75) is 19.3 Å². The van der Waals surface area contributed by atoms with Crippen molar-refractivity contribution in [3.63, 3.8) is 0 Å². The van der Waals surface area contributed by atoms with E-state index in [4.69, 9.17) is 18.0 Å². The first-order chi connectivity index (χ1) is 8.97. The van der Waals surface area contributed by atoms with Crippen molar-refractivity contribution in [3.8, 4) is 24.7 Å². The van der Waals surface area contributed by atoms with Crippen molar-refractivity contribution in [2.75, 3.05) is 19.6 Å². The zero-order valence-electron chi connectivity index (χ0n) is 10.8. The molecule has 0 heterocycles. The molecule has 0 atom stereocenters. The largest absolute Gasteiger partial charge is 0.281 e. The molecular formula is C14H18N2O2S. The van der Waals surface area contributed by atoms with Gasteiger partial charge in [0.15, 0.2) is 0 Å². The highest BCUT2D eigenvalue weighted by Crippen LogP contribution is 2.23. The van der Waals surface area contributed by atoms with E-state index in [1.54, 1.807) is 6.08 Å². The lowest BCUT2D eigenvalue weighted by Gasteiger charge is -2.19. The summed E-state index contributed by atoms with van der Waals surface area (Å²) in [5.74, 6) is 5.14. The third kappa shape index (κ3) is 5.32. The summed E-state index contributed by atoms with van der Waals surface area (Å²) in [5, 5.41) is 5.08. The SMILES string of the molecule is C#CCN(CC#C)CCC1=CC=C(S(N)(=O)=O)CC1. The Morgan fingerprint density at radius 1 is 1.21 bits per heavy atom. The van der Waals surface area contributed by atoms with Crippen molar-refractivity contribution < 1.29 is 8.42 Å². The fourth-order valence-electron chi connectivity index (χ4n) is 1.88. The van der Waals surface area contributed by atoms with Crippen LogP contribution in [0.25, 0.3) is 0 Å². The van der Waals surface area contributed by atoms with Crippen LogP contribution >= 0.6 is 0 Å². The van der Waals surface area contributed by atoms with E-state index < -0.39 is 10.0 Å². The Morgan fingerprint density at radius 2 is 1.84 bits per heavy atom. The normalized spacial score (nSPS) is 15.4. The first kappa shape index (κ1) is 15.5. The summed E-state index contributed by atoms with van der Waals surface area (Å²) >= 11 is 0. The predicted octanol–water partition coefficient (Wildman–Crippen LogP) is 0.838. The van der Waals surface area contributed by atoms with Gasteiger partial charge in [0.05, 0.1) is 18.0 Å². The molecule has 1 aliphatic carbocycles. The fraction of sp³-hybridized carbons (Fsp3) is 0.429. The molecule has 0 radical (unpaired) electrons.